The molecule has 0 saturated carbocycles. The summed E-state index contributed by atoms with van der Waals surface area (Å²) in [7, 11) is 0. The third-order valence-electron chi connectivity index (χ3n) is 3.16. The fourth-order valence-electron chi connectivity index (χ4n) is 2.05. The van der Waals surface area contributed by atoms with Crippen LogP contribution in [0.2, 0.25) is 0 Å². The summed E-state index contributed by atoms with van der Waals surface area (Å²) in [6.45, 7) is 0.274. The van der Waals surface area contributed by atoms with Crippen molar-refractivity contribution >= 4 is 27.8 Å². The maximum absolute atomic E-state index is 13.4. The maximum Gasteiger partial charge on any atom is 0.446 e. The van der Waals surface area contributed by atoms with E-state index in [1.165, 1.54) is 18.2 Å². The fraction of sp³-hybridized carbons (Fsp3) is 0.154. The van der Waals surface area contributed by atoms with Crippen LogP contribution in [0.1, 0.15) is 0 Å². The number of anilines is 1. The minimum Gasteiger partial charge on any atom is -0.465 e. The smallest absolute Gasteiger partial charge is 0.446 e. The number of carbonyl (C=O) groups is 1. The highest BCUT2D eigenvalue weighted by atomic mass is 79.9. The van der Waals surface area contributed by atoms with E-state index in [0.717, 1.165) is 4.57 Å². The first kappa shape index (κ1) is 17.6. The van der Waals surface area contributed by atoms with Gasteiger partial charge in [-0.25, -0.2) is 23.2 Å². The number of carboxylic acid groups (broad SMARTS) is 1. The second-order valence-corrected chi connectivity index (χ2v) is 5.68. The van der Waals surface area contributed by atoms with Crippen LogP contribution in [0, 0.1) is 5.82 Å². The van der Waals surface area contributed by atoms with E-state index in [1.54, 1.807) is 0 Å². The van der Waals surface area contributed by atoms with Crippen LogP contribution in [-0.2, 0) is 0 Å². The number of aromatic nitrogens is 4. The SMILES string of the molecule is O=C(O)NCCNc1nonc1-c1noc(=O)n1-c1ccc(F)c(Br)c1. The molecule has 1 aromatic carbocycles. The lowest BCUT2D eigenvalue weighted by Crippen LogP contribution is -2.27. The van der Waals surface area contributed by atoms with Crippen molar-refractivity contribution < 1.29 is 23.4 Å². The van der Waals surface area contributed by atoms with Crippen molar-refractivity contribution in [2.75, 3.05) is 18.4 Å². The second kappa shape index (κ2) is 7.35. The summed E-state index contributed by atoms with van der Waals surface area (Å²) >= 11 is 3.04. The average Bonchev–Trinajstić information content (AvgIpc) is 3.20. The molecule has 0 unspecified atom stereocenters. The number of nitrogens with zero attached hydrogens (tertiary/aromatic N) is 4. The van der Waals surface area contributed by atoms with Gasteiger partial charge in [-0.2, -0.15) is 0 Å². The molecule has 136 valence electrons. The van der Waals surface area contributed by atoms with Crippen LogP contribution in [0.4, 0.5) is 15.0 Å². The van der Waals surface area contributed by atoms with Gasteiger partial charge < -0.3 is 15.7 Å². The summed E-state index contributed by atoms with van der Waals surface area (Å²) < 4.78 is 24.0. The highest BCUT2D eigenvalue weighted by Gasteiger charge is 2.23. The first-order valence-electron chi connectivity index (χ1n) is 7.05. The van der Waals surface area contributed by atoms with E-state index in [-0.39, 0.29) is 40.6 Å². The van der Waals surface area contributed by atoms with Crippen molar-refractivity contribution in [2.45, 2.75) is 0 Å². The average molecular weight is 429 g/mol. The van der Waals surface area contributed by atoms with Gasteiger partial charge in [-0.1, -0.05) is 5.16 Å². The maximum atomic E-state index is 13.4. The summed E-state index contributed by atoms with van der Waals surface area (Å²) in [6, 6.07) is 3.90. The lowest BCUT2D eigenvalue weighted by Gasteiger charge is -2.06. The number of benzene rings is 1. The Hall–Kier alpha value is -3.22. The molecule has 0 aliphatic rings. The minimum atomic E-state index is -1.17. The van der Waals surface area contributed by atoms with Gasteiger partial charge in [0.25, 0.3) is 0 Å². The first-order valence-corrected chi connectivity index (χ1v) is 7.84. The molecule has 0 bridgehead atoms. The molecule has 0 atom stereocenters. The van der Waals surface area contributed by atoms with Gasteiger partial charge in [0.2, 0.25) is 11.6 Å². The summed E-state index contributed by atoms with van der Waals surface area (Å²) in [4.78, 5) is 22.5. The summed E-state index contributed by atoms with van der Waals surface area (Å²) in [5, 5.41) is 24.5. The Morgan fingerprint density at radius 1 is 1.31 bits per heavy atom. The van der Waals surface area contributed by atoms with Crippen LogP contribution in [0.3, 0.4) is 0 Å². The van der Waals surface area contributed by atoms with Crippen LogP contribution in [0.25, 0.3) is 17.2 Å². The molecule has 11 nitrogen and oxygen atoms in total. The third kappa shape index (κ3) is 3.56. The lowest BCUT2D eigenvalue weighted by atomic mass is 10.3. The van der Waals surface area contributed by atoms with Crippen LogP contribution in [0.5, 0.6) is 0 Å². The van der Waals surface area contributed by atoms with Gasteiger partial charge in [0.15, 0.2) is 5.69 Å². The zero-order valence-corrected chi connectivity index (χ0v) is 14.4. The zero-order chi connectivity index (χ0) is 18.7. The van der Waals surface area contributed by atoms with E-state index < -0.39 is 17.7 Å². The van der Waals surface area contributed by atoms with Crippen molar-refractivity contribution in [2.24, 2.45) is 0 Å². The normalized spacial score (nSPS) is 10.7. The molecule has 0 fully saturated rings. The largest absolute Gasteiger partial charge is 0.465 e. The van der Waals surface area contributed by atoms with Crippen molar-refractivity contribution in [3.8, 4) is 17.2 Å². The van der Waals surface area contributed by atoms with Gasteiger partial charge in [-0.05, 0) is 44.4 Å². The Morgan fingerprint density at radius 2 is 2.12 bits per heavy atom. The number of amides is 1. The third-order valence-corrected chi connectivity index (χ3v) is 3.77. The van der Waals surface area contributed by atoms with Crippen molar-refractivity contribution in [3.63, 3.8) is 0 Å². The van der Waals surface area contributed by atoms with Gasteiger partial charge in [0, 0.05) is 13.1 Å². The van der Waals surface area contributed by atoms with E-state index in [0.29, 0.717) is 0 Å². The highest BCUT2D eigenvalue weighted by Crippen LogP contribution is 2.25. The summed E-state index contributed by atoms with van der Waals surface area (Å²) in [5.74, 6) is -1.22. The Labute approximate surface area is 151 Å². The molecule has 1 amide bonds. The van der Waals surface area contributed by atoms with Gasteiger partial charge in [-0.15, -0.1) is 0 Å². The van der Waals surface area contributed by atoms with Gasteiger partial charge >= 0.3 is 11.8 Å². The molecule has 3 rings (SSSR count). The van der Waals surface area contributed by atoms with Crippen molar-refractivity contribution in [1.82, 2.24) is 25.4 Å². The Kier molecular flexibility index (Phi) is 4.97. The first-order chi connectivity index (χ1) is 12.5. The molecule has 0 saturated heterocycles. The van der Waals surface area contributed by atoms with E-state index in [1.807, 2.05) is 0 Å². The Bertz CT molecular complexity index is 999. The highest BCUT2D eigenvalue weighted by molar-refractivity contribution is 9.10. The monoisotopic (exact) mass is 428 g/mol. The zero-order valence-electron chi connectivity index (χ0n) is 12.8. The standard InChI is InChI=1S/C13H10BrFN6O5/c14-7-5-6(1-2-8(7)15)21-11(20-25-13(21)24)9-10(19-26-18-9)16-3-4-17-12(22)23/h1-2,5,17H,3-4H2,(H,16,19)(H,22,23). The molecule has 0 aliphatic carbocycles. The summed E-state index contributed by atoms with van der Waals surface area (Å²) in [6.07, 6.45) is -1.17. The number of halogens is 2. The fourth-order valence-corrected chi connectivity index (χ4v) is 2.42. The molecule has 26 heavy (non-hydrogen) atoms. The number of rotatable bonds is 6. The number of nitrogens with one attached hydrogen (secondary N) is 2. The number of hydrogen-bond donors (Lipinski definition) is 3. The van der Waals surface area contributed by atoms with Crippen LogP contribution >= 0.6 is 15.9 Å². The van der Waals surface area contributed by atoms with E-state index in [4.69, 9.17) is 5.11 Å². The van der Waals surface area contributed by atoms with Gasteiger partial charge in [0.1, 0.15) is 5.82 Å². The van der Waals surface area contributed by atoms with E-state index in [9.17, 15) is 14.0 Å². The van der Waals surface area contributed by atoms with Crippen LogP contribution in [-0.4, -0.2) is 44.3 Å². The number of hydrogen-bond acceptors (Lipinski definition) is 8. The van der Waals surface area contributed by atoms with Gasteiger partial charge in [0.05, 0.1) is 10.2 Å². The molecule has 0 aliphatic heterocycles. The van der Waals surface area contributed by atoms with Crippen LogP contribution < -0.4 is 16.4 Å². The van der Waals surface area contributed by atoms with E-state index in [2.05, 4.69) is 51.2 Å². The lowest BCUT2D eigenvalue weighted by molar-refractivity contribution is 0.195. The van der Waals surface area contributed by atoms with Gasteiger partial charge in [-0.3, -0.25) is 4.52 Å². The summed E-state index contributed by atoms with van der Waals surface area (Å²) in [5.41, 5.74) is 0.340. The molecule has 3 N–H and O–H groups in total. The molecule has 0 radical (unpaired) electrons. The molecule has 2 heterocycles. The minimum absolute atomic E-state index is 0.0246. The molecule has 0 spiro atoms. The molecule has 3 aromatic rings. The van der Waals surface area contributed by atoms with Crippen LogP contribution in [0.15, 0.2) is 36.6 Å². The Morgan fingerprint density at radius 3 is 2.85 bits per heavy atom. The molecular weight excluding hydrogens is 419 g/mol. The van der Waals surface area contributed by atoms with E-state index >= 15 is 0 Å². The Balaban J connectivity index is 1.92. The molecular formula is C13H10BrFN6O5. The predicted molar refractivity (Wildman–Crippen MR) is 87.6 cm³/mol. The molecule has 2 aromatic heterocycles. The topological polar surface area (TPSA) is 148 Å². The second-order valence-electron chi connectivity index (χ2n) is 4.83. The van der Waals surface area contributed by atoms with Crippen molar-refractivity contribution in [1.29, 1.82) is 0 Å². The van der Waals surface area contributed by atoms with Crippen molar-refractivity contribution in [3.05, 3.63) is 39.0 Å². The molecule has 13 heteroatoms. The predicted octanol–water partition coefficient (Wildman–Crippen LogP) is 1.46. The quantitative estimate of drug-likeness (QED) is 0.495.